The number of oxazole rings is 1. The molecule has 0 radical (unpaired) electrons. The van der Waals surface area contributed by atoms with E-state index < -0.39 is 0 Å². The van der Waals surface area contributed by atoms with Gasteiger partial charge in [-0.25, -0.2) is 4.98 Å². The van der Waals surface area contributed by atoms with Gasteiger partial charge in [-0.15, -0.1) is 0 Å². The fraction of sp³-hybridized carbons (Fsp3) is 0.533. The Morgan fingerprint density at radius 2 is 2.05 bits per heavy atom. The molecule has 0 atom stereocenters. The van der Waals surface area contributed by atoms with Gasteiger partial charge in [0.2, 0.25) is 0 Å². The number of nitrogens with zero attached hydrogens (tertiary/aromatic N) is 2. The van der Waals surface area contributed by atoms with E-state index in [0.29, 0.717) is 0 Å². The normalized spacial score (nSPS) is 16.3. The van der Waals surface area contributed by atoms with Gasteiger partial charge >= 0.3 is 0 Å². The van der Waals surface area contributed by atoms with Gasteiger partial charge in [-0.3, -0.25) is 0 Å². The lowest BCUT2D eigenvalue weighted by atomic mass is 10.1. The Balaban J connectivity index is 2.12. The van der Waals surface area contributed by atoms with Gasteiger partial charge in [-0.1, -0.05) is 6.92 Å². The van der Waals surface area contributed by atoms with Gasteiger partial charge in [-0.2, -0.15) is 0 Å². The van der Waals surface area contributed by atoms with Crippen LogP contribution in [0.25, 0.3) is 11.1 Å². The predicted molar refractivity (Wildman–Crippen MR) is 77.9 cm³/mol. The van der Waals surface area contributed by atoms with Gasteiger partial charge in [0.1, 0.15) is 5.52 Å². The first-order valence-electron chi connectivity index (χ1n) is 7.06. The van der Waals surface area contributed by atoms with Gasteiger partial charge in [0.05, 0.1) is 0 Å². The van der Waals surface area contributed by atoms with Crippen molar-refractivity contribution in [3.63, 3.8) is 0 Å². The molecule has 1 aliphatic heterocycles. The summed E-state index contributed by atoms with van der Waals surface area (Å²) in [4.78, 5) is 7.08. The van der Waals surface area contributed by atoms with Crippen LogP contribution in [0.5, 0.6) is 0 Å². The van der Waals surface area contributed by atoms with Crippen LogP contribution in [0.2, 0.25) is 0 Å². The minimum atomic E-state index is 0.832. The number of hydrogen-bond acceptors (Lipinski definition) is 4. The van der Waals surface area contributed by atoms with E-state index in [4.69, 9.17) is 4.42 Å². The van der Waals surface area contributed by atoms with Gasteiger partial charge in [-0.05, 0) is 25.5 Å². The van der Waals surface area contributed by atoms with E-state index in [0.717, 1.165) is 49.6 Å². The minimum absolute atomic E-state index is 0.832. The van der Waals surface area contributed by atoms with E-state index >= 15 is 0 Å². The van der Waals surface area contributed by atoms with E-state index in [1.54, 1.807) is 0 Å². The second-order valence-corrected chi connectivity index (χ2v) is 5.21. The van der Waals surface area contributed by atoms with Crippen LogP contribution in [0.4, 0.5) is 5.69 Å². The maximum atomic E-state index is 5.83. The van der Waals surface area contributed by atoms with Crippen LogP contribution in [-0.2, 0) is 6.42 Å². The average Bonchev–Trinajstić information content (AvgIpc) is 2.89. The Bertz CT molecular complexity index is 597. The molecule has 1 aliphatic rings. The molecule has 3 rings (SSSR count). The molecule has 2 aromatic rings. The van der Waals surface area contributed by atoms with Crippen LogP contribution in [0.1, 0.15) is 23.9 Å². The van der Waals surface area contributed by atoms with Crippen molar-refractivity contribution in [3.8, 4) is 0 Å². The number of hydrogen-bond donors (Lipinski definition) is 1. The average molecular weight is 259 g/mol. The summed E-state index contributed by atoms with van der Waals surface area (Å²) in [6.07, 6.45) is 0.844. The van der Waals surface area contributed by atoms with E-state index in [-0.39, 0.29) is 0 Å². The quantitative estimate of drug-likeness (QED) is 0.899. The summed E-state index contributed by atoms with van der Waals surface area (Å²) in [5, 5.41) is 3.39. The molecule has 102 valence electrons. The van der Waals surface area contributed by atoms with Gasteiger partial charge in [0.15, 0.2) is 11.5 Å². The molecule has 0 aliphatic carbocycles. The number of piperazine rings is 1. The Morgan fingerprint density at radius 3 is 2.74 bits per heavy atom. The number of aryl methyl sites for hydroxylation is 3. The highest BCUT2D eigenvalue weighted by Gasteiger charge is 2.18. The number of anilines is 1. The first kappa shape index (κ1) is 12.5. The Kier molecular flexibility index (Phi) is 3.19. The van der Waals surface area contributed by atoms with Crippen LogP contribution in [0, 0.1) is 13.8 Å². The maximum Gasteiger partial charge on any atom is 0.195 e. The first-order valence-corrected chi connectivity index (χ1v) is 7.06. The second kappa shape index (κ2) is 4.85. The fourth-order valence-electron chi connectivity index (χ4n) is 2.77. The Morgan fingerprint density at radius 1 is 1.32 bits per heavy atom. The monoisotopic (exact) mass is 259 g/mol. The van der Waals surface area contributed by atoms with E-state index in [9.17, 15) is 0 Å². The number of nitrogens with one attached hydrogen (secondary N) is 1. The van der Waals surface area contributed by atoms with Crippen molar-refractivity contribution >= 4 is 16.8 Å². The lowest BCUT2D eigenvalue weighted by Crippen LogP contribution is -2.43. The lowest BCUT2D eigenvalue weighted by molar-refractivity contribution is 0.536. The number of fused-ring (bicyclic) bond motifs is 1. The standard InChI is InChI=1S/C15H21N3O/c1-4-13-17-14-11(3)12(9-10(2)15(14)19-13)18-7-5-16-6-8-18/h9,16H,4-8H2,1-3H3. The zero-order valence-electron chi connectivity index (χ0n) is 11.9. The van der Waals surface area contributed by atoms with E-state index in [1.165, 1.54) is 16.8 Å². The van der Waals surface area contributed by atoms with Crippen molar-refractivity contribution in [1.29, 1.82) is 0 Å². The molecule has 0 spiro atoms. The van der Waals surface area contributed by atoms with Crippen molar-refractivity contribution in [3.05, 3.63) is 23.1 Å². The summed E-state index contributed by atoms with van der Waals surface area (Å²) in [7, 11) is 0. The maximum absolute atomic E-state index is 5.83. The molecule has 1 aromatic heterocycles. The third-order valence-corrected chi connectivity index (χ3v) is 3.88. The van der Waals surface area contributed by atoms with Crippen molar-refractivity contribution < 1.29 is 4.42 Å². The Hall–Kier alpha value is -1.55. The van der Waals surface area contributed by atoms with Gasteiger partial charge < -0.3 is 14.6 Å². The minimum Gasteiger partial charge on any atom is -0.440 e. The largest absolute Gasteiger partial charge is 0.440 e. The summed E-state index contributed by atoms with van der Waals surface area (Å²) in [5.74, 6) is 0.832. The van der Waals surface area contributed by atoms with Crippen LogP contribution >= 0.6 is 0 Å². The SMILES string of the molecule is CCc1nc2c(C)c(N3CCNCC3)cc(C)c2o1. The molecule has 0 amide bonds. The number of benzene rings is 1. The third kappa shape index (κ3) is 2.10. The molecule has 2 heterocycles. The van der Waals surface area contributed by atoms with Crippen LogP contribution in [0.3, 0.4) is 0 Å². The molecule has 1 aromatic carbocycles. The first-order chi connectivity index (χ1) is 9.20. The Labute approximate surface area is 113 Å². The van der Waals surface area contributed by atoms with E-state index in [2.05, 4.69) is 42.0 Å². The molecule has 1 saturated heterocycles. The summed E-state index contributed by atoms with van der Waals surface area (Å²) in [5.41, 5.74) is 5.72. The molecule has 1 N–H and O–H groups in total. The van der Waals surface area contributed by atoms with Gasteiger partial charge in [0.25, 0.3) is 0 Å². The highest BCUT2D eigenvalue weighted by atomic mass is 16.3. The zero-order chi connectivity index (χ0) is 13.4. The van der Waals surface area contributed by atoms with Crippen molar-refractivity contribution in [2.45, 2.75) is 27.2 Å². The highest BCUT2D eigenvalue weighted by Crippen LogP contribution is 2.31. The molecule has 0 unspecified atom stereocenters. The summed E-state index contributed by atoms with van der Waals surface area (Å²) < 4.78 is 5.83. The van der Waals surface area contributed by atoms with Crippen molar-refractivity contribution in [1.82, 2.24) is 10.3 Å². The fourth-order valence-corrected chi connectivity index (χ4v) is 2.77. The van der Waals surface area contributed by atoms with Crippen LogP contribution < -0.4 is 10.2 Å². The molecule has 4 heteroatoms. The van der Waals surface area contributed by atoms with E-state index in [1.807, 2.05) is 0 Å². The molecular formula is C15H21N3O. The van der Waals surface area contributed by atoms with Crippen molar-refractivity contribution in [2.24, 2.45) is 0 Å². The molecule has 0 bridgehead atoms. The second-order valence-electron chi connectivity index (χ2n) is 5.21. The molecule has 19 heavy (non-hydrogen) atoms. The smallest absolute Gasteiger partial charge is 0.195 e. The highest BCUT2D eigenvalue weighted by molar-refractivity contribution is 5.86. The topological polar surface area (TPSA) is 41.3 Å². The lowest BCUT2D eigenvalue weighted by Gasteiger charge is -2.31. The number of aromatic nitrogens is 1. The molecule has 1 fully saturated rings. The summed E-state index contributed by atoms with van der Waals surface area (Å²) >= 11 is 0. The molecule has 0 saturated carbocycles. The third-order valence-electron chi connectivity index (χ3n) is 3.88. The predicted octanol–water partition coefficient (Wildman–Crippen LogP) is 2.42. The van der Waals surface area contributed by atoms with Crippen LogP contribution in [0.15, 0.2) is 10.5 Å². The zero-order valence-corrected chi connectivity index (χ0v) is 11.9. The van der Waals surface area contributed by atoms with Crippen LogP contribution in [-0.4, -0.2) is 31.2 Å². The van der Waals surface area contributed by atoms with Crippen molar-refractivity contribution in [2.75, 3.05) is 31.1 Å². The molecular weight excluding hydrogens is 238 g/mol. The summed E-state index contributed by atoms with van der Waals surface area (Å²) in [6, 6.07) is 2.24. The number of rotatable bonds is 2. The molecule has 4 nitrogen and oxygen atoms in total. The van der Waals surface area contributed by atoms with Gasteiger partial charge in [0, 0.05) is 43.9 Å². The summed E-state index contributed by atoms with van der Waals surface area (Å²) in [6.45, 7) is 10.6.